The fraction of sp³-hybridized carbons (Fsp3) is 0.133. The van der Waals surface area contributed by atoms with Gasteiger partial charge in [-0.05, 0) is 29.8 Å². The summed E-state index contributed by atoms with van der Waals surface area (Å²) in [6.07, 6.45) is 4.16. The number of aromatic amines is 1. The van der Waals surface area contributed by atoms with E-state index in [0.717, 1.165) is 16.9 Å². The highest BCUT2D eigenvalue weighted by Gasteiger charge is 2.13. The first-order valence-corrected chi connectivity index (χ1v) is 6.23. The molecule has 1 N–H and O–H groups in total. The molecular weight excluding hydrogens is 254 g/mol. The SMILES string of the molecule is COC(=O)c1cccc2[nH]c(Cc3ccncc3)nc12. The number of nitrogens with zero attached hydrogens (tertiary/aromatic N) is 2. The predicted molar refractivity (Wildman–Crippen MR) is 74.5 cm³/mol. The van der Waals surface area contributed by atoms with Crippen molar-refractivity contribution in [2.24, 2.45) is 0 Å². The number of rotatable bonds is 3. The van der Waals surface area contributed by atoms with Crippen molar-refractivity contribution in [2.45, 2.75) is 6.42 Å². The van der Waals surface area contributed by atoms with Crippen molar-refractivity contribution in [2.75, 3.05) is 7.11 Å². The molecule has 100 valence electrons. The standard InChI is InChI=1S/C15H13N3O2/c1-20-15(19)11-3-2-4-12-14(11)18-13(17-12)9-10-5-7-16-8-6-10/h2-8H,9H2,1H3,(H,17,18). The zero-order valence-electron chi connectivity index (χ0n) is 11.0. The molecule has 3 rings (SSSR count). The number of aromatic nitrogens is 3. The third-order valence-electron chi connectivity index (χ3n) is 3.09. The molecule has 0 aliphatic carbocycles. The van der Waals surface area contributed by atoms with Crippen LogP contribution in [-0.2, 0) is 11.2 Å². The number of pyridine rings is 1. The van der Waals surface area contributed by atoms with Crippen LogP contribution in [0.4, 0.5) is 0 Å². The van der Waals surface area contributed by atoms with Crippen LogP contribution >= 0.6 is 0 Å². The summed E-state index contributed by atoms with van der Waals surface area (Å²) < 4.78 is 4.77. The first-order valence-electron chi connectivity index (χ1n) is 6.23. The summed E-state index contributed by atoms with van der Waals surface area (Å²) in [6.45, 7) is 0. The third kappa shape index (κ3) is 2.25. The summed E-state index contributed by atoms with van der Waals surface area (Å²) in [4.78, 5) is 23.4. The molecule has 0 radical (unpaired) electrons. The summed E-state index contributed by atoms with van der Waals surface area (Å²) >= 11 is 0. The number of ether oxygens (including phenoxy) is 1. The van der Waals surface area contributed by atoms with E-state index in [9.17, 15) is 4.79 Å². The van der Waals surface area contributed by atoms with Crippen molar-refractivity contribution in [3.8, 4) is 0 Å². The maximum Gasteiger partial charge on any atom is 0.340 e. The van der Waals surface area contributed by atoms with Crippen LogP contribution in [0.1, 0.15) is 21.7 Å². The Kier molecular flexibility index (Phi) is 3.16. The van der Waals surface area contributed by atoms with Gasteiger partial charge in [0.25, 0.3) is 0 Å². The van der Waals surface area contributed by atoms with E-state index in [1.165, 1.54) is 7.11 Å². The summed E-state index contributed by atoms with van der Waals surface area (Å²) in [5.74, 6) is 0.431. The van der Waals surface area contributed by atoms with Crippen molar-refractivity contribution in [3.63, 3.8) is 0 Å². The zero-order chi connectivity index (χ0) is 13.9. The number of carbonyl (C=O) groups excluding carboxylic acids is 1. The van der Waals surface area contributed by atoms with Gasteiger partial charge in [-0.15, -0.1) is 0 Å². The number of fused-ring (bicyclic) bond motifs is 1. The predicted octanol–water partition coefficient (Wildman–Crippen LogP) is 2.34. The lowest BCUT2D eigenvalue weighted by atomic mass is 10.2. The van der Waals surface area contributed by atoms with Crippen LogP contribution in [0.3, 0.4) is 0 Å². The van der Waals surface area contributed by atoms with E-state index in [1.807, 2.05) is 24.3 Å². The van der Waals surface area contributed by atoms with Crippen LogP contribution in [0.2, 0.25) is 0 Å². The molecule has 0 unspecified atom stereocenters. The molecule has 5 nitrogen and oxygen atoms in total. The molecule has 0 saturated carbocycles. The first kappa shape index (κ1) is 12.3. The van der Waals surface area contributed by atoms with Crippen LogP contribution < -0.4 is 0 Å². The molecule has 2 aromatic heterocycles. The van der Waals surface area contributed by atoms with E-state index >= 15 is 0 Å². The minimum atomic E-state index is -0.377. The van der Waals surface area contributed by atoms with Gasteiger partial charge in [0, 0.05) is 18.8 Å². The summed E-state index contributed by atoms with van der Waals surface area (Å²) in [5, 5.41) is 0. The lowest BCUT2D eigenvalue weighted by Crippen LogP contribution is -2.01. The van der Waals surface area contributed by atoms with Gasteiger partial charge in [-0.3, -0.25) is 4.98 Å². The Bertz CT molecular complexity index is 750. The fourth-order valence-electron chi connectivity index (χ4n) is 2.14. The quantitative estimate of drug-likeness (QED) is 0.739. The molecule has 0 fully saturated rings. The van der Waals surface area contributed by atoms with E-state index in [1.54, 1.807) is 18.5 Å². The molecule has 1 aromatic carbocycles. The Morgan fingerprint density at radius 2 is 2.05 bits per heavy atom. The molecule has 5 heteroatoms. The van der Waals surface area contributed by atoms with Gasteiger partial charge in [0.15, 0.2) is 0 Å². The smallest absolute Gasteiger partial charge is 0.340 e. The summed E-state index contributed by atoms with van der Waals surface area (Å²) in [6, 6.07) is 9.29. The molecule has 0 spiro atoms. The second-order valence-electron chi connectivity index (χ2n) is 4.41. The zero-order valence-corrected chi connectivity index (χ0v) is 11.0. The van der Waals surface area contributed by atoms with Crippen LogP contribution in [0, 0.1) is 0 Å². The number of hydrogen-bond acceptors (Lipinski definition) is 4. The number of hydrogen-bond donors (Lipinski definition) is 1. The molecule has 20 heavy (non-hydrogen) atoms. The van der Waals surface area contributed by atoms with Gasteiger partial charge in [-0.25, -0.2) is 9.78 Å². The second kappa shape index (κ2) is 5.13. The van der Waals surface area contributed by atoms with Crippen molar-refractivity contribution in [3.05, 3.63) is 59.7 Å². The average Bonchev–Trinajstić information content (AvgIpc) is 2.89. The molecule has 0 atom stereocenters. The van der Waals surface area contributed by atoms with Gasteiger partial charge >= 0.3 is 5.97 Å². The van der Waals surface area contributed by atoms with E-state index in [-0.39, 0.29) is 5.97 Å². The van der Waals surface area contributed by atoms with Crippen LogP contribution in [0.15, 0.2) is 42.7 Å². The Morgan fingerprint density at radius 3 is 2.80 bits per heavy atom. The van der Waals surface area contributed by atoms with Gasteiger partial charge in [0.2, 0.25) is 0 Å². The highest BCUT2D eigenvalue weighted by atomic mass is 16.5. The van der Waals surface area contributed by atoms with E-state index in [0.29, 0.717) is 17.5 Å². The van der Waals surface area contributed by atoms with E-state index < -0.39 is 0 Å². The third-order valence-corrected chi connectivity index (χ3v) is 3.09. The van der Waals surface area contributed by atoms with Crippen molar-refractivity contribution in [1.82, 2.24) is 15.0 Å². The normalized spacial score (nSPS) is 10.7. The topological polar surface area (TPSA) is 67.9 Å². The van der Waals surface area contributed by atoms with Crippen LogP contribution in [-0.4, -0.2) is 28.0 Å². The number of methoxy groups -OCH3 is 1. The number of H-pyrrole nitrogens is 1. The molecule has 3 aromatic rings. The van der Waals surface area contributed by atoms with Crippen molar-refractivity contribution < 1.29 is 9.53 Å². The monoisotopic (exact) mass is 267 g/mol. The average molecular weight is 267 g/mol. The Balaban J connectivity index is 2.00. The number of para-hydroxylation sites is 1. The molecule has 0 bridgehead atoms. The summed E-state index contributed by atoms with van der Waals surface area (Å²) in [5.41, 5.74) is 3.06. The number of benzene rings is 1. The lowest BCUT2D eigenvalue weighted by molar-refractivity contribution is 0.0603. The first-order chi connectivity index (χ1) is 9.78. The number of carbonyl (C=O) groups is 1. The lowest BCUT2D eigenvalue weighted by Gasteiger charge is -1.98. The Hall–Kier alpha value is -2.69. The summed E-state index contributed by atoms with van der Waals surface area (Å²) in [7, 11) is 1.37. The maximum atomic E-state index is 11.7. The molecular formula is C15H13N3O2. The van der Waals surface area contributed by atoms with Crippen LogP contribution in [0.5, 0.6) is 0 Å². The molecule has 0 saturated heterocycles. The Labute approximate surface area is 115 Å². The number of nitrogens with one attached hydrogen (secondary N) is 1. The maximum absolute atomic E-state index is 11.7. The highest BCUT2D eigenvalue weighted by Crippen LogP contribution is 2.18. The van der Waals surface area contributed by atoms with Gasteiger partial charge < -0.3 is 9.72 Å². The van der Waals surface area contributed by atoms with Gasteiger partial charge in [-0.1, -0.05) is 6.07 Å². The minimum absolute atomic E-state index is 0.377. The Morgan fingerprint density at radius 1 is 1.25 bits per heavy atom. The van der Waals surface area contributed by atoms with E-state index in [4.69, 9.17) is 4.74 Å². The molecule has 0 amide bonds. The molecule has 2 heterocycles. The fourth-order valence-corrected chi connectivity index (χ4v) is 2.14. The second-order valence-corrected chi connectivity index (χ2v) is 4.41. The largest absolute Gasteiger partial charge is 0.465 e. The highest BCUT2D eigenvalue weighted by molar-refractivity contribution is 6.01. The van der Waals surface area contributed by atoms with Crippen molar-refractivity contribution >= 4 is 17.0 Å². The van der Waals surface area contributed by atoms with Gasteiger partial charge in [0.05, 0.1) is 18.2 Å². The van der Waals surface area contributed by atoms with Crippen LogP contribution in [0.25, 0.3) is 11.0 Å². The molecule has 0 aliphatic rings. The number of imidazole rings is 1. The van der Waals surface area contributed by atoms with Crippen molar-refractivity contribution in [1.29, 1.82) is 0 Å². The number of esters is 1. The van der Waals surface area contributed by atoms with Gasteiger partial charge in [-0.2, -0.15) is 0 Å². The minimum Gasteiger partial charge on any atom is -0.465 e. The van der Waals surface area contributed by atoms with E-state index in [2.05, 4.69) is 15.0 Å². The molecule has 0 aliphatic heterocycles. The van der Waals surface area contributed by atoms with Gasteiger partial charge in [0.1, 0.15) is 11.3 Å².